The lowest BCUT2D eigenvalue weighted by molar-refractivity contribution is -0.141. The van der Waals surface area contributed by atoms with Gasteiger partial charge in [-0.2, -0.15) is 0 Å². The number of fused-ring (bicyclic) bond motifs is 1. The summed E-state index contributed by atoms with van der Waals surface area (Å²) in [6.45, 7) is 30.3. The number of carbonyl (C=O) groups excluding carboxylic acids is 3. The van der Waals surface area contributed by atoms with Crippen LogP contribution in [0.5, 0.6) is 5.75 Å². The molecule has 2 fully saturated rings. The van der Waals surface area contributed by atoms with Crippen LogP contribution < -0.4 is 20.9 Å². The number of alkyl carbamates (subject to hydrolysis) is 1. The minimum absolute atomic E-state index is 0.00732. The second kappa shape index (κ2) is 24.8. The zero-order chi connectivity index (χ0) is 43.5. The van der Waals surface area contributed by atoms with E-state index in [4.69, 9.17) is 25.8 Å². The Morgan fingerprint density at radius 3 is 2.35 bits per heavy atom. The molecule has 3 N–H and O–H groups in total. The summed E-state index contributed by atoms with van der Waals surface area (Å²) in [4.78, 5) is 56.0. The van der Waals surface area contributed by atoms with Crippen LogP contribution in [-0.2, 0) is 19.1 Å². The number of halogens is 1. The van der Waals surface area contributed by atoms with Crippen molar-refractivity contribution in [3.05, 3.63) is 65.1 Å². The number of hydrogen-bond donors (Lipinski definition) is 3. The van der Waals surface area contributed by atoms with Crippen molar-refractivity contribution >= 4 is 40.3 Å². The van der Waals surface area contributed by atoms with Crippen LogP contribution in [0.1, 0.15) is 121 Å². The van der Waals surface area contributed by atoms with Gasteiger partial charge in [-0.25, -0.2) is 4.79 Å². The van der Waals surface area contributed by atoms with Crippen LogP contribution >= 0.6 is 11.6 Å². The quantitative estimate of drug-likeness (QED) is 0.144. The highest BCUT2D eigenvalue weighted by atomic mass is 35.5. The highest BCUT2D eigenvalue weighted by Gasteiger charge is 2.55. The van der Waals surface area contributed by atoms with Crippen molar-refractivity contribution in [2.45, 2.75) is 150 Å². The van der Waals surface area contributed by atoms with Gasteiger partial charge in [0.25, 0.3) is 5.56 Å². The minimum atomic E-state index is -0.784. The summed E-state index contributed by atoms with van der Waals surface area (Å²) in [6, 6.07) is 3.82. The van der Waals surface area contributed by atoms with Gasteiger partial charge in [0.1, 0.15) is 23.4 Å². The number of pyridine rings is 1. The summed E-state index contributed by atoms with van der Waals surface area (Å²) in [5.41, 5.74) is -1.23. The smallest absolute Gasteiger partial charge is 0.408 e. The minimum Gasteiger partial charge on any atom is -0.495 e. The number of amides is 3. The van der Waals surface area contributed by atoms with Gasteiger partial charge >= 0.3 is 6.09 Å². The number of H-pyrrole nitrogens is 1. The van der Waals surface area contributed by atoms with E-state index < -0.39 is 23.8 Å². The van der Waals surface area contributed by atoms with E-state index in [-0.39, 0.29) is 40.9 Å². The van der Waals surface area contributed by atoms with Gasteiger partial charge in [-0.05, 0) is 104 Å². The molecule has 2 aromatic rings. The van der Waals surface area contributed by atoms with Crippen molar-refractivity contribution in [2.24, 2.45) is 17.8 Å². The number of benzene rings is 1. The van der Waals surface area contributed by atoms with Gasteiger partial charge in [0.2, 0.25) is 11.8 Å². The van der Waals surface area contributed by atoms with Crippen LogP contribution in [0.15, 0.2) is 54.5 Å². The number of nitrogens with zero attached hydrogens (tertiary/aromatic N) is 1. The summed E-state index contributed by atoms with van der Waals surface area (Å²) in [7, 11) is 1.54. The number of methoxy groups -OCH3 is 1. The average molecular weight is 818 g/mol. The molecule has 1 aliphatic carbocycles. The molecule has 0 spiro atoms. The molecule has 1 aliphatic heterocycles. The Labute approximate surface area is 347 Å². The average Bonchev–Trinajstić information content (AvgIpc) is 3.59. The zero-order valence-corrected chi connectivity index (χ0v) is 37.6. The molecule has 322 valence electrons. The molecule has 12 heteroatoms. The fourth-order valence-corrected chi connectivity index (χ4v) is 7.59. The first kappa shape index (κ1) is 51.2. The second-order valence-electron chi connectivity index (χ2n) is 15.5. The molecule has 3 amide bonds. The van der Waals surface area contributed by atoms with E-state index in [1.807, 2.05) is 60.6 Å². The molecule has 0 bridgehead atoms. The third-order valence-electron chi connectivity index (χ3n) is 9.94. The van der Waals surface area contributed by atoms with E-state index in [0.717, 1.165) is 32.1 Å². The third-order valence-corrected chi connectivity index (χ3v) is 10.3. The van der Waals surface area contributed by atoms with E-state index in [0.29, 0.717) is 53.5 Å². The Morgan fingerprint density at radius 2 is 1.79 bits per heavy atom. The van der Waals surface area contributed by atoms with Gasteiger partial charge in [-0.1, -0.05) is 71.4 Å². The molecule has 1 saturated heterocycles. The Bertz CT molecular complexity index is 1640. The van der Waals surface area contributed by atoms with Gasteiger partial charge < -0.3 is 34.7 Å². The number of hydrogen-bond acceptors (Lipinski definition) is 7. The van der Waals surface area contributed by atoms with Gasteiger partial charge in [0.15, 0.2) is 0 Å². The lowest BCUT2D eigenvalue weighted by Gasteiger charge is -2.34. The lowest BCUT2D eigenvalue weighted by Crippen LogP contribution is -2.57. The fourth-order valence-electron chi connectivity index (χ4n) is 7.32. The summed E-state index contributed by atoms with van der Waals surface area (Å²) in [6.07, 6.45) is 10.2. The monoisotopic (exact) mass is 817 g/mol. The number of carbonyl (C=O) groups is 3. The Balaban J connectivity index is 0.000000743. The largest absolute Gasteiger partial charge is 0.495 e. The molecule has 57 heavy (non-hydrogen) atoms. The molecule has 5 unspecified atom stereocenters. The van der Waals surface area contributed by atoms with Crippen molar-refractivity contribution in [3.63, 3.8) is 0 Å². The first-order valence-corrected chi connectivity index (χ1v) is 21.2. The first-order chi connectivity index (χ1) is 27.0. The van der Waals surface area contributed by atoms with Crippen LogP contribution in [0.25, 0.3) is 10.8 Å². The van der Waals surface area contributed by atoms with E-state index in [1.165, 1.54) is 13.3 Å². The molecule has 2 heterocycles. The van der Waals surface area contributed by atoms with Crippen LogP contribution in [0.2, 0.25) is 5.02 Å². The number of likely N-dealkylation sites (tertiary alicyclic amines) is 1. The van der Waals surface area contributed by atoms with Crippen molar-refractivity contribution < 1.29 is 28.6 Å². The molecule has 4 rings (SSSR count). The Morgan fingerprint density at radius 1 is 1.12 bits per heavy atom. The maximum Gasteiger partial charge on any atom is 0.408 e. The van der Waals surface area contributed by atoms with Gasteiger partial charge in [-0.15, -0.1) is 13.2 Å². The maximum atomic E-state index is 14.0. The van der Waals surface area contributed by atoms with E-state index >= 15 is 0 Å². The molecule has 1 saturated carbocycles. The van der Waals surface area contributed by atoms with E-state index in [1.54, 1.807) is 43.9 Å². The highest BCUT2D eigenvalue weighted by Crippen LogP contribution is 2.48. The van der Waals surface area contributed by atoms with Crippen LogP contribution in [0, 0.1) is 17.8 Å². The topological polar surface area (TPSA) is 139 Å². The molecule has 1 aromatic carbocycles. The van der Waals surface area contributed by atoms with Crippen LogP contribution in [-0.4, -0.2) is 77.4 Å². The lowest BCUT2D eigenvalue weighted by atomic mass is 9.88. The van der Waals surface area contributed by atoms with Crippen LogP contribution in [0.4, 0.5) is 4.79 Å². The highest BCUT2D eigenvalue weighted by molar-refractivity contribution is 6.36. The number of rotatable bonds is 16. The molecule has 11 nitrogen and oxygen atoms in total. The molecular weight excluding hydrogens is 744 g/mol. The standard InChI is InChI=1S/C31H53N3O5.C10H8ClNO2.2C2H6/c1-10-13-15-21(4)18-22(5)26(32-29(37)39-30(7,8)9)28(36)34-17-14-16-25(34)27(35)33-31(20-24(31)11-2)19-23(6)38-12-3;1-14-8-5-12-10(13)6-3-2-4-7(11)9(6)8;2*1-2/h10-11,21-26H,1-2,12-20H2,3-9H3,(H,32,37)(H,33,35);2-5H,1H3,(H,12,13);2*1-2H3/t21?,22?,23?,24-,25?,26?,31-;;;/m1.../s1. The molecule has 0 radical (unpaired) electrons. The van der Waals surface area contributed by atoms with E-state index in [9.17, 15) is 19.2 Å². The Hall–Kier alpha value is -3.83. The molecule has 2 aliphatic rings. The van der Waals surface area contributed by atoms with Crippen molar-refractivity contribution in [1.82, 2.24) is 20.5 Å². The number of aromatic amines is 1. The normalized spacial score (nSPS) is 20.3. The summed E-state index contributed by atoms with van der Waals surface area (Å²) >= 11 is 5.98. The van der Waals surface area contributed by atoms with Crippen LogP contribution in [0.3, 0.4) is 0 Å². The van der Waals surface area contributed by atoms with Gasteiger partial charge in [0.05, 0.1) is 23.6 Å². The fraction of sp³-hybridized carbons (Fsp3) is 0.644. The van der Waals surface area contributed by atoms with E-state index in [2.05, 4.69) is 35.7 Å². The summed E-state index contributed by atoms with van der Waals surface area (Å²) < 4.78 is 16.4. The SMILES string of the molecule is C=CCCC(C)CC(C)C(NC(=O)OC(C)(C)C)C(=O)N1CCCC1C(=O)N[C@]1(CC(C)OCC)C[C@H]1C=C.CC.CC.COc1c[nH]c(=O)c2cccc(Cl)c12. The summed E-state index contributed by atoms with van der Waals surface area (Å²) in [5.74, 6) is 0.607. The predicted molar refractivity (Wildman–Crippen MR) is 234 cm³/mol. The van der Waals surface area contributed by atoms with Gasteiger partial charge in [-0.3, -0.25) is 14.4 Å². The first-order valence-electron chi connectivity index (χ1n) is 20.8. The molecule has 1 aromatic heterocycles. The van der Waals surface area contributed by atoms with Crippen molar-refractivity contribution in [3.8, 4) is 5.75 Å². The number of aromatic nitrogens is 1. The Kier molecular flexibility index (Phi) is 22.3. The number of ether oxygens (including phenoxy) is 3. The predicted octanol–water partition coefficient (Wildman–Crippen LogP) is 9.62. The number of allylic oxidation sites excluding steroid dienone is 1. The van der Waals surface area contributed by atoms with Crippen molar-refractivity contribution in [1.29, 1.82) is 0 Å². The summed E-state index contributed by atoms with van der Waals surface area (Å²) in [5, 5.41) is 7.84. The molecule has 7 atom stereocenters. The van der Waals surface area contributed by atoms with Crippen molar-refractivity contribution in [2.75, 3.05) is 20.3 Å². The third kappa shape index (κ3) is 15.5. The number of nitrogens with one attached hydrogen (secondary N) is 3. The second-order valence-corrected chi connectivity index (χ2v) is 15.9. The molecular formula is C45H73ClN4O7. The van der Waals surface area contributed by atoms with Gasteiger partial charge in [0, 0.05) is 36.2 Å². The maximum absolute atomic E-state index is 14.0. The zero-order valence-electron chi connectivity index (χ0n) is 36.9.